The highest BCUT2D eigenvalue weighted by atomic mass is 19.1. The number of amides is 1. The zero-order valence-electron chi connectivity index (χ0n) is 13.6. The van der Waals surface area contributed by atoms with Crippen molar-refractivity contribution in [1.82, 2.24) is 4.90 Å². The topological polar surface area (TPSA) is 29.5 Å². The summed E-state index contributed by atoms with van der Waals surface area (Å²) in [6, 6.07) is 14.3. The zero-order valence-corrected chi connectivity index (χ0v) is 13.6. The third-order valence-electron chi connectivity index (χ3n) is 3.83. The Morgan fingerprint density at radius 3 is 2.43 bits per heavy atom. The van der Waals surface area contributed by atoms with Gasteiger partial charge < -0.3 is 9.64 Å². The fourth-order valence-corrected chi connectivity index (χ4v) is 2.43. The first kappa shape index (κ1) is 17.0. The SMILES string of the molecule is CCN(Cc1ccc(OC)cc1)C(=O)CCc1ccccc1F. The quantitative estimate of drug-likeness (QED) is 0.777. The van der Waals surface area contributed by atoms with E-state index in [-0.39, 0.29) is 11.7 Å². The van der Waals surface area contributed by atoms with Crippen molar-refractivity contribution in [3.8, 4) is 5.75 Å². The molecule has 0 saturated carbocycles. The van der Waals surface area contributed by atoms with E-state index in [1.807, 2.05) is 31.2 Å². The average molecular weight is 315 g/mol. The first-order valence-corrected chi connectivity index (χ1v) is 7.78. The minimum Gasteiger partial charge on any atom is -0.497 e. The summed E-state index contributed by atoms with van der Waals surface area (Å²) in [5, 5.41) is 0. The van der Waals surface area contributed by atoms with Crippen molar-refractivity contribution in [1.29, 1.82) is 0 Å². The number of nitrogens with zero attached hydrogens (tertiary/aromatic N) is 1. The summed E-state index contributed by atoms with van der Waals surface area (Å²) in [7, 11) is 1.62. The molecule has 2 aromatic carbocycles. The Morgan fingerprint density at radius 1 is 1.13 bits per heavy atom. The number of ether oxygens (including phenoxy) is 1. The molecule has 3 nitrogen and oxygen atoms in total. The summed E-state index contributed by atoms with van der Waals surface area (Å²) in [4.78, 5) is 14.1. The Balaban J connectivity index is 1.94. The van der Waals surface area contributed by atoms with E-state index in [9.17, 15) is 9.18 Å². The highest BCUT2D eigenvalue weighted by Gasteiger charge is 2.13. The molecule has 0 N–H and O–H groups in total. The maximum Gasteiger partial charge on any atom is 0.223 e. The molecule has 4 heteroatoms. The van der Waals surface area contributed by atoms with Gasteiger partial charge in [-0.25, -0.2) is 4.39 Å². The Morgan fingerprint density at radius 2 is 1.83 bits per heavy atom. The van der Waals surface area contributed by atoms with Crippen LogP contribution < -0.4 is 4.74 Å². The molecule has 1 amide bonds. The normalized spacial score (nSPS) is 10.4. The molecule has 0 unspecified atom stereocenters. The molecular weight excluding hydrogens is 293 g/mol. The van der Waals surface area contributed by atoms with Gasteiger partial charge in [0.15, 0.2) is 0 Å². The van der Waals surface area contributed by atoms with Crippen molar-refractivity contribution in [3.63, 3.8) is 0 Å². The molecule has 23 heavy (non-hydrogen) atoms. The predicted molar refractivity (Wildman–Crippen MR) is 88.8 cm³/mol. The van der Waals surface area contributed by atoms with Crippen molar-refractivity contribution in [2.75, 3.05) is 13.7 Å². The van der Waals surface area contributed by atoms with Gasteiger partial charge in [-0.3, -0.25) is 4.79 Å². The second kappa shape index (κ2) is 8.32. The number of benzene rings is 2. The molecule has 0 atom stereocenters. The second-order valence-corrected chi connectivity index (χ2v) is 5.35. The Hall–Kier alpha value is -2.36. The van der Waals surface area contributed by atoms with Gasteiger partial charge in [0.1, 0.15) is 11.6 Å². The molecule has 0 heterocycles. The number of halogens is 1. The molecular formula is C19H22FNO2. The number of methoxy groups -OCH3 is 1. The molecule has 0 aliphatic carbocycles. The molecule has 0 saturated heterocycles. The molecule has 0 aromatic heterocycles. The lowest BCUT2D eigenvalue weighted by molar-refractivity contribution is -0.131. The van der Waals surface area contributed by atoms with Crippen molar-refractivity contribution >= 4 is 5.91 Å². The summed E-state index contributed by atoms with van der Waals surface area (Å²) >= 11 is 0. The number of aryl methyl sites for hydroxylation is 1. The highest BCUT2D eigenvalue weighted by Crippen LogP contribution is 2.15. The fourth-order valence-electron chi connectivity index (χ4n) is 2.43. The maximum absolute atomic E-state index is 13.6. The van der Waals surface area contributed by atoms with Crippen LogP contribution in [0.15, 0.2) is 48.5 Å². The number of hydrogen-bond donors (Lipinski definition) is 0. The fraction of sp³-hybridized carbons (Fsp3) is 0.316. The van der Waals surface area contributed by atoms with E-state index >= 15 is 0 Å². The van der Waals surface area contributed by atoms with Gasteiger partial charge in [0, 0.05) is 19.5 Å². The van der Waals surface area contributed by atoms with Gasteiger partial charge in [-0.15, -0.1) is 0 Å². The number of carbonyl (C=O) groups excluding carboxylic acids is 1. The molecule has 0 aliphatic heterocycles. The lowest BCUT2D eigenvalue weighted by Gasteiger charge is -2.21. The van der Waals surface area contributed by atoms with Gasteiger partial charge in [0.05, 0.1) is 7.11 Å². The van der Waals surface area contributed by atoms with E-state index in [2.05, 4.69) is 0 Å². The van der Waals surface area contributed by atoms with Crippen LogP contribution in [0.3, 0.4) is 0 Å². The molecule has 0 fully saturated rings. The zero-order chi connectivity index (χ0) is 16.7. The van der Waals surface area contributed by atoms with Crippen LogP contribution >= 0.6 is 0 Å². The van der Waals surface area contributed by atoms with E-state index in [1.54, 1.807) is 30.2 Å². The first-order chi connectivity index (χ1) is 11.1. The molecule has 2 aromatic rings. The summed E-state index contributed by atoms with van der Waals surface area (Å²) in [5.74, 6) is 0.577. The van der Waals surface area contributed by atoms with Gasteiger partial charge in [-0.1, -0.05) is 30.3 Å². The molecule has 0 radical (unpaired) electrons. The molecule has 2 rings (SSSR count). The smallest absolute Gasteiger partial charge is 0.223 e. The molecule has 0 spiro atoms. The number of carbonyl (C=O) groups is 1. The van der Waals surface area contributed by atoms with Crippen LogP contribution in [-0.2, 0) is 17.8 Å². The Kier molecular flexibility index (Phi) is 6.15. The van der Waals surface area contributed by atoms with Crippen molar-refractivity contribution in [2.24, 2.45) is 0 Å². The Bertz CT molecular complexity index is 640. The summed E-state index contributed by atoms with van der Waals surface area (Å²) < 4.78 is 18.7. The van der Waals surface area contributed by atoms with Crippen LogP contribution in [0.1, 0.15) is 24.5 Å². The van der Waals surface area contributed by atoms with E-state index in [0.29, 0.717) is 31.5 Å². The van der Waals surface area contributed by atoms with Crippen LogP contribution in [0.4, 0.5) is 4.39 Å². The predicted octanol–water partition coefficient (Wildman–Crippen LogP) is 3.82. The van der Waals surface area contributed by atoms with E-state index < -0.39 is 0 Å². The van der Waals surface area contributed by atoms with E-state index in [4.69, 9.17) is 4.74 Å². The number of hydrogen-bond acceptors (Lipinski definition) is 2. The van der Waals surface area contributed by atoms with Gasteiger partial charge in [-0.2, -0.15) is 0 Å². The average Bonchev–Trinajstić information content (AvgIpc) is 2.59. The minimum absolute atomic E-state index is 0.0339. The standard InChI is InChI=1S/C19H22FNO2/c1-3-21(14-15-8-11-17(23-2)12-9-15)19(22)13-10-16-6-4-5-7-18(16)20/h4-9,11-12H,3,10,13-14H2,1-2H3. The molecule has 0 bridgehead atoms. The minimum atomic E-state index is -0.251. The summed E-state index contributed by atoms with van der Waals surface area (Å²) in [6.45, 7) is 3.13. The summed E-state index contributed by atoms with van der Waals surface area (Å²) in [5.41, 5.74) is 1.63. The second-order valence-electron chi connectivity index (χ2n) is 5.35. The van der Waals surface area contributed by atoms with E-state index in [0.717, 1.165) is 11.3 Å². The molecule has 0 aliphatic rings. The highest BCUT2D eigenvalue weighted by molar-refractivity contribution is 5.76. The van der Waals surface area contributed by atoms with Crippen LogP contribution in [0.2, 0.25) is 0 Å². The van der Waals surface area contributed by atoms with Crippen molar-refractivity contribution in [3.05, 3.63) is 65.5 Å². The first-order valence-electron chi connectivity index (χ1n) is 7.78. The molecule has 122 valence electrons. The van der Waals surface area contributed by atoms with Gasteiger partial charge in [0.25, 0.3) is 0 Å². The van der Waals surface area contributed by atoms with Gasteiger partial charge >= 0.3 is 0 Å². The van der Waals surface area contributed by atoms with Crippen LogP contribution in [0.25, 0.3) is 0 Å². The van der Waals surface area contributed by atoms with Crippen LogP contribution in [0.5, 0.6) is 5.75 Å². The van der Waals surface area contributed by atoms with E-state index in [1.165, 1.54) is 6.07 Å². The third-order valence-corrected chi connectivity index (χ3v) is 3.83. The largest absolute Gasteiger partial charge is 0.497 e. The third kappa shape index (κ3) is 4.81. The van der Waals surface area contributed by atoms with Crippen LogP contribution in [0, 0.1) is 5.82 Å². The lowest BCUT2D eigenvalue weighted by Crippen LogP contribution is -2.30. The van der Waals surface area contributed by atoms with Crippen molar-refractivity contribution in [2.45, 2.75) is 26.3 Å². The maximum atomic E-state index is 13.6. The number of rotatable bonds is 7. The lowest BCUT2D eigenvalue weighted by atomic mass is 10.1. The van der Waals surface area contributed by atoms with Crippen LogP contribution in [-0.4, -0.2) is 24.5 Å². The van der Waals surface area contributed by atoms with Crippen molar-refractivity contribution < 1.29 is 13.9 Å². The Labute approximate surface area is 136 Å². The van der Waals surface area contributed by atoms with Gasteiger partial charge in [-0.05, 0) is 42.7 Å². The summed E-state index contributed by atoms with van der Waals surface area (Å²) in [6.07, 6.45) is 0.732. The monoisotopic (exact) mass is 315 g/mol. The van der Waals surface area contributed by atoms with Gasteiger partial charge in [0.2, 0.25) is 5.91 Å².